The Morgan fingerprint density at radius 1 is 0.684 bits per heavy atom. The van der Waals surface area contributed by atoms with Crippen molar-refractivity contribution in [2.24, 2.45) is 0 Å². The third-order valence-electron chi connectivity index (χ3n) is 7.06. The number of unbranched alkanes of at least 4 members (excludes halogenated alkanes) is 10. The molecule has 0 heterocycles. The first-order chi connectivity index (χ1) is 18.5. The van der Waals surface area contributed by atoms with Gasteiger partial charge >= 0.3 is 6.03 Å². The smallest absolute Gasteiger partial charge is 0.319 e. The second-order valence-electron chi connectivity index (χ2n) is 10.3. The van der Waals surface area contributed by atoms with Crippen molar-refractivity contribution in [1.29, 1.82) is 0 Å². The minimum Gasteiger partial charge on any atom is -0.362 e. The van der Waals surface area contributed by atoms with Crippen molar-refractivity contribution in [3.63, 3.8) is 0 Å². The van der Waals surface area contributed by atoms with E-state index in [4.69, 9.17) is 12.2 Å². The van der Waals surface area contributed by atoms with Crippen molar-refractivity contribution in [2.75, 3.05) is 23.7 Å². The van der Waals surface area contributed by atoms with Crippen molar-refractivity contribution in [2.45, 2.75) is 104 Å². The Balaban J connectivity index is 1.53. The fraction of sp³-hybridized carbons (Fsp3) is 0.562. The number of urea groups is 1. The van der Waals surface area contributed by atoms with Crippen LogP contribution >= 0.6 is 12.2 Å². The highest BCUT2D eigenvalue weighted by molar-refractivity contribution is 7.80. The summed E-state index contributed by atoms with van der Waals surface area (Å²) in [4.78, 5) is 12.0. The van der Waals surface area contributed by atoms with Gasteiger partial charge in [-0.05, 0) is 80.6 Å². The molecule has 0 saturated heterocycles. The largest absolute Gasteiger partial charge is 0.362 e. The van der Waals surface area contributed by atoms with E-state index in [0.717, 1.165) is 47.9 Å². The maximum atomic E-state index is 12.0. The molecule has 5 nitrogen and oxygen atoms in total. The quantitative estimate of drug-likeness (QED) is 0.113. The molecule has 0 saturated carbocycles. The van der Waals surface area contributed by atoms with E-state index in [1.54, 1.807) is 0 Å². The predicted molar refractivity (Wildman–Crippen MR) is 168 cm³/mol. The van der Waals surface area contributed by atoms with Gasteiger partial charge in [0.25, 0.3) is 0 Å². The van der Waals surface area contributed by atoms with E-state index in [1.165, 1.54) is 75.3 Å². The molecule has 2 aromatic carbocycles. The lowest BCUT2D eigenvalue weighted by Gasteiger charge is -2.15. The highest BCUT2D eigenvalue weighted by Gasteiger charge is 2.06. The van der Waals surface area contributed by atoms with E-state index in [-0.39, 0.29) is 6.03 Å². The fourth-order valence-electron chi connectivity index (χ4n) is 4.59. The number of rotatable bonds is 18. The van der Waals surface area contributed by atoms with Crippen LogP contribution in [0.15, 0.2) is 42.5 Å². The van der Waals surface area contributed by atoms with Crippen LogP contribution in [-0.4, -0.2) is 24.2 Å². The van der Waals surface area contributed by atoms with E-state index in [9.17, 15) is 4.79 Å². The minimum atomic E-state index is -0.124. The van der Waals surface area contributed by atoms with E-state index in [2.05, 4.69) is 53.3 Å². The lowest BCUT2D eigenvalue weighted by molar-refractivity contribution is 0.252. The molecule has 0 unspecified atom stereocenters. The number of carbonyl (C=O) groups is 1. The number of hydrogen-bond acceptors (Lipinski definition) is 2. The number of carbonyl (C=O) groups excluding carboxylic acids is 1. The predicted octanol–water partition coefficient (Wildman–Crippen LogP) is 8.66. The molecule has 6 heteroatoms. The highest BCUT2D eigenvalue weighted by Crippen LogP contribution is 2.21. The highest BCUT2D eigenvalue weighted by atomic mass is 32.1. The van der Waals surface area contributed by atoms with E-state index < -0.39 is 0 Å². The van der Waals surface area contributed by atoms with Gasteiger partial charge in [0.15, 0.2) is 5.11 Å². The lowest BCUT2D eigenvalue weighted by Crippen LogP contribution is -2.29. The van der Waals surface area contributed by atoms with Gasteiger partial charge in [-0.2, -0.15) is 0 Å². The molecule has 0 spiro atoms. The number of aryl methyl sites for hydroxylation is 2. The van der Waals surface area contributed by atoms with Crippen LogP contribution in [0.4, 0.5) is 16.2 Å². The van der Waals surface area contributed by atoms with E-state index in [0.29, 0.717) is 6.54 Å². The molecule has 0 fully saturated rings. The van der Waals surface area contributed by atoms with Gasteiger partial charge in [-0.15, -0.1) is 0 Å². The lowest BCUT2D eigenvalue weighted by atomic mass is 10.00. The molecule has 0 aromatic heterocycles. The summed E-state index contributed by atoms with van der Waals surface area (Å²) >= 11 is 5.52. The van der Waals surface area contributed by atoms with Crippen LogP contribution in [0.25, 0.3) is 0 Å². The van der Waals surface area contributed by atoms with Crippen molar-refractivity contribution in [3.8, 4) is 0 Å². The molecule has 210 valence electrons. The molecule has 0 atom stereocenters. The van der Waals surface area contributed by atoms with Gasteiger partial charge in [-0.25, -0.2) is 4.79 Å². The Morgan fingerprint density at radius 2 is 1.29 bits per heavy atom. The molecule has 2 rings (SSSR count). The van der Waals surface area contributed by atoms with E-state index in [1.807, 2.05) is 31.2 Å². The average molecular weight is 539 g/mol. The second-order valence-corrected chi connectivity index (χ2v) is 10.7. The summed E-state index contributed by atoms with van der Waals surface area (Å²) in [5.74, 6) is 0. The zero-order chi connectivity index (χ0) is 27.4. The molecular weight excluding hydrogens is 488 g/mol. The fourth-order valence-corrected chi connectivity index (χ4v) is 4.80. The topological polar surface area (TPSA) is 65.2 Å². The number of nitrogens with one attached hydrogen (secondary N) is 4. The number of benzene rings is 2. The van der Waals surface area contributed by atoms with Crippen LogP contribution in [0.2, 0.25) is 0 Å². The average Bonchev–Trinajstić information content (AvgIpc) is 2.90. The van der Waals surface area contributed by atoms with Gasteiger partial charge < -0.3 is 21.3 Å². The van der Waals surface area contributed by atoms with Gasteiger partial charge in [0, 0.05) is 24.5 Å². The van der Waals surface area contributed by atoms with Gasteiger partial charge in [0.05, 0.1) is 0 Å². The Hall–Kier alpha value is -2.60. The molecule has 0 aliphatic rings. The molecule has 0 radical (unpaired) electrons. The normalized spacial score (nSPS) is 10.7. The summed E-state index contributed by atoms with van der Waals surface area (Å²) in [6, 6.07) is 14.2. The van der Waals surface area contributed by atoms with Crippen LogP contribution in [0.1, 0.15) is 101 Å². The first-order valence-electron chi connectivity index (χ1n) is 14.7. The summed E-state index contributed by atoms with van der Waals surface area (Å²) in [6.45, 7) is 8.09. The Labute approximate surface area is 237 Å². The summed E-state index contributed by atoms with van der Waals surface area (Å²) in [7, 11) is 0. The Bertz CT molecular complexity index is 962. The SMILES string of the molecule is CCCCCCCCNC(=S)Nc1cccc(CCCCCCCCNC(=O)Nc2ccccc2C)c1C. The molecule has 0 aliphatic heterocycles. The van der Waals surface area contributed by atoms with Crippen LogP contribution in [0.3, 0.4) is 0 Å². The molecular formula is C32H50N4OS. The van der Waals surface area contributed by atoms with Crippen LogP contribution in [0.5, 0.6) is 0 Å². The monoisotopic (exact) mass is 538 g/mol. The first kappa shape index (κ1) is 31.6. The van der Waals surface area contributed by atoms with Crippen molar-refractivity contribution in [3.05, 3.63) is 59.2 Å². The molecule has 0 aliphatic carbocycles. The third-order valence-corrected chi connectivity index (χ3v) is 7.31. The van der Waals surface area contributed by atoms with Crippen molar-refractivity contribution < 1.29 is 4.79 Å². The number of amides is 2. The molecule has 4 N–H and O–H groups in total. The maximum absolute atomic E-state index is 12.0. The molecule has 0 bridgehead atoms. The van der Waals surface area contributed by atoms with Gasteiger partial charge in [0.1, 0.15) is 0 Å². The molecule has 38 heavy (non-hydrogen) atoms. The van der Waals surface area contributed by atoms with Crippen LogP contribution in [0, 0.1) is 13.8 Å². The zero-order valence-corrected chi connectivity index (χ0v) is 24.8. The van der Waals surface area contributed by atoms with Gasteiger partial charge in [-0.1, -0.05) is 95.0 Å². The summed E-state index contributed by atoms with van der Waals surface area (Å²) in [5.41, 5.74) is 5.75. The standard InChI is InChI=1S/C32H50N4OS/c1-4-5-6-7-11-17-25-34-32(38)36-30-23-18-21-28(27(30)3)20-13-10-8-9-12-16-24-33-31(37)35-29-22-15-14-19-26(29)2/h14-15,18-19,21-23H,4-13,16-17,20,24-25H2,1-3H3,(H2,33,35,37)(H2,34,36,38). The van der Waals surface area contributed by atoms with Gasteiger partial charge in [0.2, 0.25) is 0 Å². The summed E-state index contributed by atoms with van der Waals surface area (Å²) in [5, 5.41) is 13.4. The van der Waals surface area contributed by atoms with Crippen molar-refractivity contribution in [1.82, 2.24) is 10.6 Å². The Morgan fingerprint density at radius 3 is 2.00 bits per heavy atom. The number of anilines is 2. The molecule has 2 amide bonds. The number of hydrogen-bond donors (Lipinski definition) is 4. The first-order valence-corrected chi connectivity index (χ1v) is 15.2. The zero-order valence-electron chi connectivity index (χ0n) is 24.0. The van der Waals surface area contributed by atoms with Crippen LogP contribution in [-0.2, 0) is 6.42 Å². The summed E-state index contributed by atoms with van der Waals surface area (Å²) in [6.07, 6.45) is 15.9. The number of thiocarbonyl (C=S) groups is 1. The van der Waals surface area contributed by atoms with Crippen LogP contribution < -0.4 is 21.3 Å². The second kappa shape index (κ2) is 19.5. The summed E-state index contributed by atoms with van der Waals surface area (Å²) < 4.78 is 0. The van der Waals surface area contributed by atoms with E-state index >= 15 is 0 Å². The maximum Gasteiger partial charge on any atom is 0.319 e. The van der Waals surface area contributed by atoms with Crippen molar-refractivity contribution >= 4 is 34.7 Å². The number of para-hydroxylation sites is 1. The minimum absolute atomic E-state index is 0.124. The van der Waals surface area contributed by atoms with Gasteiger partial charge in [-0.3, -0.25) is 0 Å². The Kier molecular flexibility index (Phi) is 16.2. The molecule has 2 aromatic rings. The third kappa shape index (κ3) is 13.3.